The van der Waals surface area contributed by atoms with Gasteiger partial charge in [-0.15, -0.1) is 0 Å². The van der Waals surface area contributed by atoms with Gasteiger partial charge in [0.15, 0.2) is 0 Å². The number of esters is 1. The third-order valence-electron chi connectivity index (χ3n) is 1.81. The van der Waals surface area contributed by atoms with Crippen molar-refractivity contribution in [3.8, 4) is 11.8 Å². The zero-order valence-corrected chi connectivity index (χ0v) is 8.59. The molecule has 0 aliphatic heterocycles. The average Bonchev–Trinajstić information content (AvgIpc) is 2.21. The molecule has 0 fully saturated rings. The van der Waals surface area contributed by atoms with Gasteiger partial charge < -0.3 is 9.72 Å². The summed E-state index contributed by atoms with van der Waals surface area (Å²) in [6, 6.07) is 1.46. The predicted molar refractivity (Wildman–Crippen MR) is 55.3 cm³/mol. The molecule has 1 rings (SSSR count). The van der Waals surface area contributed by atoms with E-state index in [1.165, 1.54) is 19.4 Å². The molecule has 0 atom stereocenters. The fourth-order valence-corrected chi connectivity index (χ4v) is 0.992. The smallest absolute Gasteiger partial charge is 0.317 e. The maximum absolute atomic E-state index is 10.9. The van der Waals surface area contributed by atoms with Gasteiger partial charge in [0.05, 0.1) is 7.11 Å². The Balaban J connectivity index is 2.80. The van der Waals surface area contributed by atoms with Crippen molar-refractivity contribution in [2.45, 2.75) is 13.3 Å². The molecule has 0 amide bonds. The van der Waals surface area contributed by atoms with Crippen LogP contribution in [0.15, 0.2) is 17.1 Å². The average molecular weight is 205 g/mol. The Morgan fingerprint density at radius 3 is 2.93 bits per heavy atom. The third kappa shape index (κ3) is 3.31. The second-order valence-electron chi connectivity index (χ2n) is 2.95. The number of pyridine rings is 1. The topological polar surface area (TPSA) is 59.2 Å². The van der Waals surface area contributed by atoms with Crippen LogP contribution in [0.2, 0.25) is 0 Å². The Kier molecular flexibility index (Phi) is 3.69. The summed E-state index contributed by atoms with van der Waals surface area (Å²) in [6.45, 7) is 1.79. The molecule has 0 aliphatic carbocycles. The van der Waals surface area contributed by atoms with Gasteiger partial charge in [0.25, 0.3) is 0 Å². The lowest BCUT2D eigenvalue weighted by Gasteiger charge is -1.94. The summed E-state index contributed by atoms with van der Waals surface area (Å²) in [5.74, 6) is 5.08. The van der Waals surface area contributed by atoms with Crippen LogP contribution in [0.3, 0.4) is 0 Å². The number of aromatic amines is 1. The first kappa shape index (κ1) is 11.1. The molecule has 1 aromatic heterocycles. The molecular formula is C11H11NO3. The molecule has 1 N–H and O–H groups in total. The number of methoxy groups -OCH3 is 1. The minimum absolute atomic E-state index is 0.0507. The van der Waals surface area contributed by atoms with E-state index >= 15 is 0 Å². The standard InChI is InChI=1S/C11H11NO3/c1-8-6-10(13)12-7-9(8)4-3-5-11(14)15-2/h6-7H,5H2,1-2H3,(H,12,13). The minimum atomic E-state index is -0.371. The second-order valence-corrected chi connectivity index (χ2v) is 2.95. The number of carbonyl (C=O) groups is 1. The maximum atomic E-state index is 10.9. The fourth-order valence-electron chi connectivity index (χ4n) is 0.992. The predicted octanol–water partition coefficient (Wildman–Crippen LogP) is 0.598. The Labute approximate surface area is 87.3 Å². The van der Waals surface area contributed by atoms with Crippen molar-refractivity contribution >= 4 is 5.97 Å². The molecular weight excluding hydrogens is 194 g/mol. The van der Waals surface area contributed by atoms with E-state index in [-0.39, 0.29) is 17.9 Å². The van der Waals surface area contributed by atoms with Crippen molar-refractivity contribution in [3.63, 3.8) is 0 Å². The van der Waals surface area contributed by atoms with Crippen molar-refractivity contribution < 1.29 is 9.53 Å². The highest BCUT2D eigenvalue weighted by molar-refractivity contribution is 5.72. The highest BCUT2D eigenvalue weighted by Crippen LogP contribution is 1.99. The summed E-state index contributed by atoms with van der Waals surface area (Å²) < 4.78 is 4.44. The molecule has 0 radical (unpaired) electrons. The van der Waals surface area contributed by atoms with Crippen LogP contribution in [0.1, 0.15) is 17.5 Å². The number of aromatic nitrogens is 1. The number of ether oxygens (including phenoxy) is 1. The van der Waals surface area contributed by atoms with Gasteiger partial charge in [-0.25, -0.2) is 0 Å². The lowest BCUT2D eigenvalue weighted by molar-refractivity contribution is -0.139. The van der Waals surface area contributed by atoms with Gasteiger partial charge in [0, 0.05) is 17.8 Å². The Morgan fingerprint density at radius 1 is 1.60 bits per heavy atom. The van der Waals surface area contributed by atoms with E-state index in [2.05, 4.69) is 21.6 Å². The number of hydrogen-bond donors (Lipinski definition) is 1. The quantitative estimate of drug-likeness (QED) is 0.539. The van der Waals surface area contributed by atoms with Gasteiger partial charge >= 0.3 is 5.97 Å². The van der Waals surface area contributed by atoms with Crippen LogP contribution in [0.5, 0.6) is 0 Å². The molecule has 1 heterocycles. The lowest BCUT2D eigenvalue weighted by atomic mass is 10.1. The van der Waals surface area contributed by atoms with Crippen LogP contribution in [-0.2, 0) is 9.53 Å². The number of nitrogens with one attached hydrogen (secondary N) is 1. The summed E-state index contributed by atoms with van der Waals surface area (Å²) >= 11 is 0. The number of carbonyl (C=O) groups excluding carboxylic acids is 1. The van der Waals surface area contributed by atoms with Crippen LogP contribution < -0.4 is 5.56 Å². The molecule has 0 unspecified atom stereocenters. The molecule has 0 aliphatic rings. The van der Waals surface area contributed by atoms with E-state index in [0.29, 0.717) is 5.56 Å². The van der Waals surface area contributed by atoms with E-state index in [0.717, 1.165) is 5.56 Å². The summed E-state index contributed by atoms with van der Waals surface area (Å²) in [6.07, 6.45) is 1.58. The third-order valence-corrected chi connectivity index (χ3v) is 1.81. The fraction of sp³-hybridized carbons (Fsp3) is 0.273. The van der Waals surface area contributed by atoms with Crippen molar-refractivity contribution in [1.82, 2.24) is 4.98 Å². The normalized spacial score (nSPS) is 8.93. The number of rotatable bonds is 1. The van der Waals surface area contributed by atoms with Gasteiger partial charge in [0.1, 0.15) is 6.42 Å². The number of aryl methyl sites for hydroxylation is 1. The molecule has 0 saturated carbocycles. The lowest BCUT2D eigenvalue weighted by Crippen LogP contribution is -2.04. The Bertz CT molecular complexity index is 477. The van der Waals surface area contributed by atoms with E-state index in [1.54, 1.807) is 6.92 Å². The molecule has 0 spiro atoms. The summed E-state index contributed by atoms with van der Waals surface area (Å²) in [5, 5.41) is 0. The molecule has 4 heteroatoms. The highest BCUT2D eigenvalue weighted by atomic mass is 16.5. The molecule has 78 valence electrons. The largest absolute Gasteiger partial charge is 0.468 e. The van der Waals surface area contributed by atoms with Gasteiger partial charge in [-0.05, 0) is 12.5 Å². The minimum Gasteiger partial charge on any atom is -0.468 e. The Hall–Kier alpha value is -2.02. The zero-order chi connectivity index (χ0) is 11.3. The van der Waals surface area contributed by atoms with Crippen molar-refractivity contribution in [3.05, 3.63) is 33.7 Å². The van der Waals surface area contributed by atoms with Gasteiger partial charge in [-0.1, -0.05) is 11.8 Å². The number of H-pyrrole nitrogens is 1. The first-order valence-corrected chi connectivity index (χ1v) is 4.38. The molecule has 0 saturated heterocycles. The van der Waals surface area contributed by atoms with Crippen molar-refractivity contribution in [2.75, 3.05) is 7.11 Å². The van der Waals surface area contributed by atoms with E-state index in [1.807, 2.05) is 0 Å². The summed E-state index contributed by atoms with van der Waals surface area (Å²) in [5.41, 5.74) is 1.33. The zero-order valence-electron chi connectivity index (χ0n) is 8.59. The van der Waals surface area contributed by atoms with Gasteiger partial charge in [-0.3, -0.25) is 9.59 Å². The van der Waals surface area contributed by atoms with Gasteiger partial charge in [-0.2, -0.15) is 0 Å². The Morgan fingerprint density at radius 2 is 2.33 bits per heavy atom. The second kappa shape index (κ2) is 5.01. The molecule has 4 nitrogen and oxygen atoms in total. The molecule has 0 aromatic carbocycles. The summed E-state index contributed by atoms with van der Waals surface area (Å²) in [4.78, 5) is 24.2. The highest BCUT2D eigenvalue weighted by Gasteiger charge is 1.96. The maximum Gasteiger partial charge on any atom is 0.317 e. The molecule has 1 aromatic rings. The van der Waals surface area contributed by atoms with Crippen LogP contribution in [-0.4, -0.2) is 18.1 Å². The first-order valence-electron chi connectivity index (χ1n) is 4.38. The van der Waals surface area contributed by atoms with E-state index in [4.69, 9.17) is 0 Å². The first-order chi connectivity index (χ1) is 7.13. The number of hydrogen-bond acceptors (Lipinski definition) is 3. The van der Waals surface area contributed by atoms with E-state index < -0.39 is 0 Å². The van der Waals surface area contributed by atoms with Crippen LogP contribution >= 0.6 is 0 Å². The van der Waals surface area contributed by atoms with Gasteiger partial charge in [0.2, 0.25) is 5.56 Å². The SMILES string of the molecule is COC(=O)CC#Cc1c[nH]c(=O)cc1C. The van der Waals surface area contributed by atoms with Crippen LogP contribution in [0.4, 0.5) is 0 Å². The van der Waals surface area contributed by atoms with E-state index in [9.17, 15) is 9.59 Å². The molecule has 0 bridgehead atoms. The van der Waals surface area contributed by atoms with Crippen molar-refractivity contribution in [2.24, 2.45) is 0 Å². The monoisotopic (exact) mass is 205 g/mol. The molecule has 15 heavy (non-hydrogen) atoms. The van der Waals surface area contributed by atoms with Crippen LogP contribution in [0, 0.1) is 18.8 Å². The summed E-state index contributed by atoms with van der Waals surface area (Å²) in [7, 11) is 1.31. The van der Waals surface area contributed by atoms with Crippen molar-refractivity contribution in [1.29, 1.82) is 0 Å². The van der Waals surface area contributed by atoms with Crippen LogP contribution in [0.25, 0.3) is 0 Å².